The van der Waals surface area contributed by atoms with Crippen molar-refractivity contribution in [2.45, 2.75) is 25.4 Å². The van der Waals surface area contributed by atoms with E-state index in [0.29, 0.717) is 6.42 Å². The number of aliphatic hydroxyl groups is 1. The quantitative estimate of drug-likeness (QED) is 0.792. The summed E-state index contributed by atoms with van der Waals surface area (Å²) in [6.45, 7) is 0. The maximum atomic E-state index is 12.9. The van der Waals surface area contributed by atoms with Crippen LogP contribution in [0.4, 0.5) is 4.39 Å². The molecule has 0 amide bonds. The molecule has 0 aromatic heterocycles. The third-order valence-electron chi connectivity index (χ3n) is 2.34. The Bertz CT molecular complexity index is 333. The number of hydrogen-bond acceptors (Lipinski definition) is 2. The monoisotopic (exact) mass is 262 g/mol. The predicted octanol–water partition coefficient (Wildman–Crippen LogP) is 3.53. The van der Waals surface area contributed by atoms with Crippen LogP contribution in [0.5, 0.6) is 0 Å². The second-order valence-corrected chi connectivity index (χ2v) is 5.13. The van der Waals surface area contributed by atoms with Crippen molar-refractivity contribution >= 4 is 23.4 Å². The Kier molecular flexibility index (Phi) is 6.17. The highest BCUT2D eigenvalue weighted by Crippen LogP contribution is 2.18. The van der Waals surface area contributed by atoms with Crippen LogP contribution in [-0.2, 0) is 6.42 Å². The molecule has 0 fully saturated rings. The van der Waals surface area contributed by atoms with Crippen LogP contribution in [0.1, 0.15) is 18.4 Å². The van der Waals surface area contributed by atoms with Gasteiger partial charge in [0.05, 0.1) is 11.1 Å². The van der Waals surface area contributed by atoms with Gasteiger partial charge in [0.25, 0.3) is 0 Å². The van der Waals surface area contributed by atoms with Crippen molar-refractivity contribution in [1.29, 1.82) is 0 Å². The molecular weight excluding hydrogens is 247 g/mol. The van der Waals surface area contributed by atoms with E-state index in [0.717, 1.165) is 24.2 Å². The second-order valence-electron chi connectivity index (χ2n) is 3.74. The molecule has 0 aliphatic heterocycles. The van der Waals surface area contributed by atoms with Crippen molar-refractivity contribution in [2.24, 2.45) is 0 Å². The first kappa shape index (κ1) is 13.8. The average molecular weight is 263 g/mol. The van der Waals surface area contributed by atoms with Gasteiger partial charge in [-0.05, 0) is 49.0 Å². The Morgan fingerprint density at radius 3 is 2.88 bits per heavy atom. The second kappa shape index (κ2) is 7.15. The zero-order chi connectivity index (χ0) is 12.0. The topological polar surface area (TPSA) is 20.2 Å². The van der Waals surface area contributed by atoms with Gasteiger partial charge in [0.2, 0.25) is 0 Å². The van der Waals surface area contributed by atoms with Crippen molar-refractivity contribution in [2.75, 3.05) is 12.0 Å². The maximum Gasteiger partial charge on any atom is 0.141 e. The zero-order valence-electron chi connectivity index (χ0n) is 9.25. The first-order chi connectivity index (χ1) is 7.63. The van der Waals surface area contributed by atoms with Crippen molar-refractivity contribution in [1.82, 2.24) is 0 Å². The Hall–Kier alpha value is -0.250. The molecule has 16 heavy (non-hydrogen) atoms. The normalized spacial score (nSPS) is 12.8. The third-order valence-corrected chi connectivity index (χ3v) is 3.33. The minimum Gasteiger partial charge on any atom is -0.393 e. The summed E-state index contributed by atoms with van der Waals surface area (Å²) in [7, 11) is 0. The highest BCUT2D eigenvalue weighted by Gasteiger charge is 2.07. The van der Waals surface area contributed by atoms with E-state index < -0.39 is 5.82 Å². The van der Waals surface area contributed by atoms with Crippen LogP contribution in [0.3, 0.4) is 0 Å². The molecule has 0 radical (unpaired) electrons. The summed E-state index contributed by atoms with van der Waals surface area (Å²) >= 11 is 7.44. The van der Waals surface area contributed by atoms with E-state index in [4.69, 9.17) is 11.6 Å². The maximum absolute atomic E-state index is 12.9. The highest BCUT2D eigenvalue weighted by atomic mass is 35.5. The van der Waals surface area contributed by atoms with Crippen molar-refractivity contribution in [3.8, 4) is 0 Å². The molecular formula is C12H16ClFOS. The Morgan fingerprint density at radius 2 is 2.25 bits per heavy atom. The predicted molar refractivity (Wildman–Crippen MR) is 68.7 cm³/mol. The average Bonchev–Trinajstić information content (AvgIpc) is 2.24. The summed E-state index contributed by atoms with van der Waals surface area (Å²) in [5, 5.41) is 9.86. The van der Waals surface area contributed by atoms with Crippen LogP contribution >= 0.6 is 23.4 Å². The van der Waals surface area contributed by atoms with Crippen LogP contribution in [0.25, 0.3) is 0 Å². The van der Waals surface area contributed by atoms with Gasteiger partial charge in [-0.15, -0.1) is 0 Å². The first-order valence-electron chi connectivity index (χ1n) is 5.24. The Morgan fingerprint density at radius 1 is 1.50 bits per heavy atom. The largest absolute Gasteiger partial charge is 0.393 e. The molecule has 1 nitrogen and oxygen atoms in total. The lowest BCUT2D eigenvalue weighted by Gasteiger charge is -2.10. The Balaban J connectivity index is 2.43. The van der Waals surface area contributed by atoms with Crippen LogP contribution in [0, 0.1) is 5.82 Å². The summed E-state index contributed by atoms with van der Waals surface area (Å²) < 4.78 is 12.9. The molecule has 1 rings (SSSR count). The van der Waals surface area contributed by atoms with E-state index in [1.165, 1.54) is 6.07 Å². The van der Waals surface area contributed by atoms with Gasteiger partial charge in [-0.25, -0.2) is 4.39 Å². The van der Waals surface area contributed by atoms with Gasteiger partial charge in [0, 0.05) is 0 Å². The number of rotatable bonds is 6. The third kappa shape index (κ3) is 4.73. The van der Waals surface area contributed by atoms with Crippen LogP contribution < -0.4 is 0 Å². The fraction of sp³-hybridized carbons (Fsp3) is 0.500. The van der Waals surface area contributed by atoms with Crippen molar-refractivity contribution in [3.05, 3.63) is 34.6 Å². The molecule has 0 spiro atoms. The molecule has 1 N–H and O–H groups in total. The number of thioether (sulfide) groups is 1. The van der Waals surface area contributed by atoms with Crippen molar-refractivity contribution in [3.63, 3.8) is 0 Å². The van der Waals surface area contributed by atoms with Gasteiger partial charge in [-0.3, -0.25) is 0 Å². The summed E-state index contributed by atoms with van der Waals surface area (Å²) in [6.07, 6.45) is 3.99. The minimum absolute atomic E-state index is 0.119. The molecule has 1 aromatic rings. The van der Waals surface area contributed by atoms with E-state index in [1.807, 2.05) is 6.26 Å². The van der Waals surface area contributed by atoms with Gasteiger partial charge in [-0.1, -0.05) is 17.7 Å². The van der Waals surface area contributed by atoms with Gasteiger partial charge in [0.15, 0.2) is 0 Å². The van der Waals surface area contributed by atoms with E-state index in [1.54, 1.807) is 23.9 Å². The summed E-state index contributed by atoms with van der Waals surface area (Å²) in [5.41, 5.74) is 0.878. The van der Waals surface area contributed by atoms with E-state index >= 15 is 0 Å². The van der Waals surface area contributed by atoms with Gasteiger partial charge in [0.1, 0.15) is 5.82 Å². The van der Waals surface area contributed by atoms with Crippen LogP contribution in [-0.4, -0.2) is 23.2 Å². The summed E-state index contributed by atoms with van der Waals surface area (Å²) in [5.74, 6) is 0.642. The summed E-state index contributed by atoms with van der Waals surface area (Å²) in [6, 6.07) is 4.58. The molecule has 0 saturated carbocycles. The van der Waals surface area contributed by atoms with E-state index in [-0.39, 0.29) is 11.1 Å². The number of benzene rings is 1. The molecule has 90 valence electrons. The molecule has 0 aliphatic carbocycles. The lowest BCUT2D eigenvalue weighted by atomic mass is 10.0. The number of hydrogen-bond donors (Lipinski definition) is 1. The fourth-order valence-corrected chi connectivity index (χ4v) is 2.16. The molecule has 1 aromatic carbocycles. The molecule has 0 bridgehead atoms. The molecule has 1 unspecified atom stereocenters. The van der Waals surface area contributed by atoms with E-state index in [2.05, 4.69) is 0 Å². The van der Waals surface area contributed by atoms with E-state index in [9.17, 15) is 9.50 Å². The number of aliphatic hydroxyl groups excluding tert-OH is 1. The standard InChI is InChI=1S/C12H16ClFOS/c1-16-6-2-3-10(15)7-9-4-5-12(14)11(13)8-9/h4-5,8,10,15H,2-3,6-7H2,1H3. The first-order valence-corrected chi connectivity index (χ1v) is 7.01. The van der Waals surface area contributed by atoms with Crippen LogP contribution in [0.2, 0.25) is 5.02 Å². The molecule has 4 heteroatoms. The Labute approximate surface area is 105 Å². The highest BCUT2D eigenvalue weighted by molar-refractivity contribution is 7.98. The number of halogens is 2. The van der Waals surface area contributed by atoms with Crippen LogP contribution in [0.15, 0.2) is 18.2 Å². The lowest BCUT2D eigenvalue weighted by molar-refractivity contribution is 0.164. The van der Waals surface area contributed by atoms with Gasteiger partial charge >= 0.3 is 0 Å². The fourth-order valence-electron chi connectivity index (χ4n) is 1.50. The molecule has 0 aliphatic rings. The zero-order valence-corrected chi connectivity index (χ0v) is 10.8. The lowest BCUT2D eigenvalue weighted by Crippen LogP contribution is -2.10. The molecule has 0 saturated heterocycles. The SMILES string of the molecule is CSCCCC(O)Cc1ccc(F)c(Cl)c1. The summed E-state index contributed by atoms with van der Waals surface area (Å²) in [4.78, 5) is 0. The molecule has 1 atom stereocenters. The van der Waals surface area contributed by atoms with Gasteiger partial charge in [-0.2, -0.15) is 11.8 Å². The van der Waals surface area contributed by atoms with Crippen molar-refractivity contribution < 1.29 is 9.50 Å². The molecule has 0 heterocycles. The van der Waals surface area contributed by atoms with Gasteiger partial charge < -0.3 is 5.11 Å². The minimum atomic E-state index is -0.415. The smallest absolute Gasteiger partial charge is 0.141 e.